The van der Waals surface area contributed by atoms with Crippen molar-refractivity contribution in [2.75, 3.05) is 12.4 Å². The van der Waals surface area contributed by atoms with E-state index in [-0.39, 0.29) is 12.3 Å². The lowest BCUT2D eigenvalue weighted by Gasteiger charge is -2.11. The molecule has 9 heteroatoms. The predicted molar refractivity (Wildman–Crippen MR) is 121 cm³/mol. The molecule has 0 spiro atoms. The van der Waals surface area contributed by atoms with Gasteiger partial charge in [0.2, 0.25) is 5.91 Å². The first-order valence-corrected chi connectivity index (χ1v) is 10.3. The van der Waals surface area contributed by atoms with Gasteiger partial charge in [-0.2, -0.15) is 0 Å². The maximum atomic E-state index is 12.7. The number of hydrogen-bond acceptors (Lipinski definition) is 6. The number of aromatic nitrogens is 3. The van der Waals surface area contributed by atoms with Gasteiger partial charge in [-0.25, -0.2) is 9.78 Å². The summed E-state index contributed by atoms with van der Waals surface area (Å²) in [5, 5.41) is 5.47. The van der Waals surface area contributed by atoms with Gasteiger partial charge < -0.3 is 10.1 Å². The highest BCUT2D eigenvalue weighted by atomic mass is 32.1. The number of fused-ring (bicyclic) bond motifs is 1. The minimum Gasteiger partial charge on any atom is -0.497 e. The molecular formula is C22H20N4O4S. The normalized spacial score (nSPS) is 10.9. The van der Waals surface area contributed by atoms with Gasteiger partial charge in [0.15, 0.2) is 5.13 Å². The van der Waals surface area contributed by atoms with Crippen molar-refractivity contribution in [2.45, 2.75) is 6.42 Å². The zero-order valence-corrected chi connectivity index (χ0v) is 18.0. The summed E-state index contributed by atoms with van der Waals surface area (Å²) in [4.78, 5) is 42.0. The fraction of sp³-hybridized carbons (Fsp3) is 0.182. The van der Waals surface area contributed by atoms with Crippen LogP contribution < -0.4 is 21.3 Å². The van der Waals surface area contributed by atoms with Gasteiger partial charge in [-0.15, -0.1) is 11.3 Å². The van der Waals surface area contributed by atoms with E-state index >= 15 is 0 Å². The Morgan fingerprint density at radius 2 is 1.90 bits per heavy atom. The Labute approximate surface area is 181 Å². The topological polar surface area (TPSA) is 95.2 Å². The Morgan fingerprint density at radius 1 is 1.13 bits per heavy atom. The lowest BCUT2D eigenvalue weighted by molar-refractivity contribution is -0.115. The third-order valence-electron chi connectivity index (χ3n) is 5.05. The summed E-state index contributed by atoms with van der Waals surface area (Å²) in [6, 6.07) is 12.7. The molecule has 0 atom stereocenters. The number of amides is 1. The van der Waals surface area contributed by atoms with Crippen LogP contribution in [0.15, 0.2) is 57.4 Å². The number of aryl methyl sites for hydroxylation is 1. The number of benzene rings is 2. The number of carbonyl (C=O) groups excluding carboxylic acids is 1. The smallest absolute Gasteiger partial charge is 0.330 e. The van der Waals surface area contributed by atoms with E-state index in [1.807, 2.05) is 29.6 Å². The highest BCUT2D eigenvalue weighted by Crippen LogP contribution is 2.27. The van der Waals surface area contributed by atoms with Crippen LogP contribution in [0.4, 0.5) is 5.13 Å². The van der Waals surface area contributed by atoms with E-state index in [0.717, 1.165) is 21.6 Å². The Bertz CT molecular complexity index is 1420. The summed E-state index contributed by atoms with van der Waals surface area (Å²) in [6.07, 6.45) is -0.0150. The van der Waals surface area contributed by atoms with Crippen molar-refractivity contribution in [1.82, 2.24) is 14.1 Å². The van der Waals surface area contributed by atoms with Crippen LogP contribution in [0.25, 0.3) is 22.2 Å². The highest BCUT2D eigenvalue weighted by molar-refractivity contribution is 7.14. The second-order valence-corrected chi connectivity index (χ2v) is 7.87. The molecule has 0 aliphatic heterocycles. The summed E-state index contributed by atoms with van der Waals surface area (Å²) in [6.45, 7) is 0. The van der Waals surface area contributed by atoms with E-state index in [1.54, 1.807) is 32.4 Å². The summed E-state index contributed by atoms with van der Waals surface area (Å²) < 4.78 is 7.69. The minimum absolute atomic E-state index is 0.0150. The number of thiazole rings is 1. The molecule has 0 aliphatic carbocycles. The van der Waals surface area contributed by atoms with Gasteiger partial charge in [0.1, 0.15) is 5.75 Å². The number of ether oxygens (including phenoxy) is 1. The van der Waals surface area contributed by atoms with Crippen LogP contribution in [0.2, 0.25) is 0 Å². The van der Waals surface area contributed by atoms with E-state index < -0.39 is 11.2 Å². The average Bonchev–Trinajstić information content (AvgIpc) is 3.24. The van der Waals surface area contributed by atoms with Crippen molar-refractivity contribution in [3.05, 3.63) is 74.2 Å². The molecule has 2 heterocycles. The molecule has 0 radical (unpaired) electrons. The van der Waals surface area contributed by atoms with Gasteiger partial charge in [0.25, 0.3) is 5.56 Å². The lowest BCUT2D eigenvalue weighted by Crippen LogP contribution is -2.37. The second-order valence-electron chi connectivity index (χ2n) is 7.01. The summed E-state index contributed by atoms with van der Waals surface area (Å²) >= 11 is 1.32. The summed E-state index contributed by atoms with van der Waals surface area (Å²) in [5.74, 6) is 0.429. The molecule has 0 saturated carbocycles. The van der Waals surface area contributed by atoms with Gasteiger partial charge in [0.05, 0.1) is 30.1 Å². The molecule has 158 valence electrons. The Kier molecular flexibility index (Phi) is 5.43. The van der Waals surface area contributed by atoms with Gasteiger partial charge in [-0.1, -0.05) is 24.3 Å². The Hall–Kier alpha value is -3.72. The molecule has 0 aliphatic rings. The van der Waals surface area contributed by atoms with Gasteiger partial charge >= 0.3 is 5.69 Å². The SMILES string of the molecule is COc1cccc(-c2csc(NC(=O)Cc3cccc4c3c(=O)n(C)c(=O)n4C)n2)c1. The number of nitrogens with zero attached hydrogens (tertiary/aromatic N) is 3. The molecule has 0 fully saturated rings. The summed E-state index contributed by atoms with van der Waals surface area (Å²) in [7, 11) is 4.63. The van der Waals surface area contributed by atoms with Crippen molar-refractivity contribution in [3.8, 4) is 17.0 Å². The quantitative estimate of drug-likeness (QED) is 0.519. The van der Waals surface area contributed by atoms with Crippen molar-refractivity contribution in [3.63, 3.8) is 0 Å². The van der Waals surface area contributed by atoms with Gasteiger partial charge in [0, 0.05) is 25.0 Å². The van der Waals surface area contributed by atoms with E-state index in [1.165, 1.54) is 23.0 Å². The van der Waals surface area contributed by atoms with Crippen LogP contribution in [0, 0.1) is 0 Å². The molecule has 8 nitrogen and oxygen atoms in total. The highest BCUT2D eigenvalue weighted by Gasteiger charge is 2.15. The standard InChI is InChI=1S/C22H20N4O4S/c1-25-17-9-5-7-14(19(17)20(28)26(2)22(25)29)11-18(27)24-21-23-16(12-31-21)13-6-4-8-15(10-13)30-3/h4-10,12H,11H2,1-3H3,(H,23,24,27). The van der Waals surface area contributed by atoms with E-state index in [4.69, 9.17) is 4.74 Å². The number of anilines is 1. The molecule has 4 aromatic rings. The number of hydrogen-bond donors (Lipinski definition) is 1. The fourth-order valence-corrected chi connectivity index (χ4v) is 4.16. The molecule has 1 N–H and O–H groups in total. The van der Waals surface area contributed by atoms with Crippen LogP contribution in [-0.4, -0.2) is 27.1 Å². The van der Waals surface area contributed by atoms with Crippen LogP contribution in [0.5, 0.6) is 5.75 Å². The van der Waals surface area contributed by atoms with Crippen molar-refractivity contribution >= 4 is 33.3 Å². The van der Waals surface area contributed by atoms with E-state index in [9.17, 15) is 14.4 Å². The minimum atomic E-state index is -0.420. The molecule has 2 aromatic heterocycles. The van der Waals surface area contributed by atoms with Gasteiger partial charge in [-0.05, 0) is 23.8 Å². The zero-order chi connectivity index (χ0) is 22.1. The first-order chi connectivity index (χ1) is 14.9. The van der Waals surface area contributed by atoms with Crippen molar-refractivity contribution in [1.29, 1.82) is 0 Å². The fourth-order valence-electron chi connectivity index (χ4n) is 3.43. The van der Waals surface area contributed by atoms with Gasteiger partial charge in [-0.3, -0.25) is 18.7 Å². The molecule has 4 rings (SSSR count). The maximum Gasteiger partial charge on any atom is 0.330 e. The van der Waals surface area contributed by atoms with Crippen LogP contribution in [0.1, 0.15) is 5.56 Å². The third-order valence-corrected chi connectivity index (χ3v) is 5.81. The number of rotatable bonds is 5. The Balaban J connectivity index is 1.59. The molecule has 0 bridgehead atoms. The molecule has 1 amide bonds. The average molecular weight is 436 g/mol. The first-order valence-electron chi connectivity index (χ1n) is 9.46. The zero-order valence-electron chi connectivity index (χ0n) is 17.2. The Morgan fingerprint density at radius 3 is 2.68 bits per heavy atom. The monoisotopic (exact) mass is 436 g/mol. The second kappa shape index (κ2) is 8.19. The van der Waals surface area contributed by atoms with Crippen molar-refractivity contribution < 1.29 is 9.53 Å². The maximum absolute atomic E-state index is 12.7. The summed E-state index contributed by atoms with van der Waals surface area (Å²) in [5.41, 5.74) is 1.83. The number of nitrogens with one attached hydrogen (secondary N) is 1. The molecule has 31 heavy (non-hydrogen) atoms. The lowest BCUT2D eigenvalue weighted by atomic mass is 10.1. The van der Waals surface area contributed by atoms with E-state index in [2.05, 4.69) is 10.3 Å². The number of methoxy groups -OCH3 is 1. The van der Waals surface area contributed by atoms with Crippen LogP contribution >= 0.6 is 11.3 Å². The molecular weight excluding hydrogens is 416 g/mol. The largest absolute Gasteiger partial charge is 0.497 e. The number of carbonyl (C=O) groups is 1. The third kappa shape index (κ3) is 3.87. The van der Waals surface area contributed by atoms with Crippen LogP contribution in [0.3, 0.4) is 0 Å². The van der Waals surface area contributed by atoms with Crippen LogP contribution in [-0.2, 0) is 25.3 Å². The van der Waals surface area contributed by atoms with E-state index in [0.29, 0.717) is 21.6 Å². The first kappa shape index (κ1) is 20.5. The van der Waals surface area contributed by atoms with Crippen molar-refractivity contribution in [2.24, 2.45) is 14.1 Å². The molecule has 0 saturated heterocycles. The predicted octanol–water partition coefficient (Wildman–Crippen LogP) is 2.55. The molecule has 0 unspecified atom stereocenters. The molecule has 2 aromatic carbocycles.